The molecule has 0 spiro atoms. The van der Waals surface area contributed by atoms with E-state index in [1.54, 1.807) is 0 Å². The monoisotopic (exact) mass is 311 g/mol. The molecule has 0 radical (unpaired) electrons. The van der Waals surface area contributed by atoms with Crippen LogP contribution < -0.4 is 5.32 Å². The summed E-state index contributed by atoms with van der Waals surface area (Å²) in [5.41, 5.74) is 2.22. The second kappa shape index (κ2) is 7.38. The molecule has 0 aromatic heterocycles. The average molecular weight is 311 g/mol. The third-order valence-corrected chi connectivity index (χ3v) is 6.29. The third kappa shape index (κ3) is 4.53. The molecule has 1 aromatic carbocycles. The summed E-state index contributed by atoms with van der Waals surface area (Å²) >= 11 is 0. The van der Waals surface area contributed by atoms with Gasteiger partial charge in [0.1, 0.15) is 0 Å². The molecule has 0 bridgehead atoms. The summed E-state index contributed by atoms with van der Waals surface area (Å²) in [5, 5.41) is 3.05. The van der Waals surface area contributed by atoms with Crippen molar-refractivity contribution in [3.63, 3.8) is 0 Å². The van der Waals surface area contributed by atoms with E-state index in [2.05, 4.69) is 5.32 Å². The summed E-state index contributed by atoms with van der Waals surface area (Å²) in [4.78, 5) is 0. The minimum Gasteiger partial charge on any atom is -0.381 e. The Morgan fingerprint density at radius 3 is 2.43 bits per heavy atom. The van der Waals surface area contributed by atoms with Crippen molar-refractivity contribution in [2.75, 3.05) is 25.5 Å². The van der Waals surface area contributed by atoms with E-state index < -0.39 is 9.84 Å². The lowest BCUT2D eigenvalue weighted by molar-refractivity contribution is 0.0983. The average Bonchev–Trinajstić information content (AvgIpc) is 2.48. The predicted octanol–water partition coefficient (Wildman–Crippen LogP) is 2.24. The Labute approximate surface area is 127 Å². The number of benzene rings is 1. The van der Waals surface area contributed by atoms with Crippen LogP contribution in [0.2, 0.25) is 0 Å². The summed E-state index contributed by atoms with van der Waals surface area (Å²) in [6.45, 7) is 5.90. The van der Waals surface area contributed by atoms with Crippen molar-refractivity contribution >= 4 is 9.84 Å². The topological polar surface area (TPSA) is 55.4 Å². The van der Waals surface area contributed by atoms with Gasteiger partial charge in [0.25, 0.3) is 0 Å². The van der Waals surface area contributed by atoms with E-state index in [4.69, 9.17) is 4.74 Å². The molecule has 1 aromatic rings. The number of hydrogen-bond donors (Lipinski definition) is 1. The number of sulfone groups is 1. The van der Waals surface area contributed by atoms with Gasteiger partial charge in [-0.15, -0.1) is 0 Å². The van der Waals surface area contributed by atoms with Gasteiger partial charge in [0.05, 0.1) is 11.0 Å². The van der Waals surface area contributed by atoms with Crippen LogP contribution in [0, 0.1) is 6.92 Å². The van der Waals surface area contributed by atoms with E-state index in [0.29, 0.717) is 26.1 Å². The van der Waals surface area contributed by atoms with Crippen LogP contribution in [-0.4, -0.2) is 39.2 Å². The zero-order chi connectivity index (χ0) is 15.3. The molecular weight excluding hydrogens is 286 g/mol. The van der Waals surface area contributed by atoms with Gasteiger partial charge in [-0.25, -0.2) is 8.42 Å². The van der Waals surface area contributed by atoms with Gasteiger partial charge in [-0.2, -0.15) is 0 Å². The predicted molar refractivity (Wildman–Crippen MR) is 85.2 cm³/mol. The number of aryl methyl sites for hydroxylation is 1. The van der Waals surface area contributed by atoms with Crippen LogP contribution in [0.15, 0.2) is 24.3 Å². The fourth-order valence-electron chi connectivity index (χ4n) is 2.72. The smallest absolute Gasteiger partial charge is 0.155 e. The standard InChI is InChI=1S/C16H25NO3S/c1-3-17-16(14-6-4-13(2)5-7-14)12-21(18,19)15-8-10-20-11-9-15/h4-7,15-17H,3,8-12H2,1-2H3. The lowest BCUT2D eigenvalue weighted by Crippen LogP contribution is -2.36. The van der Waals surface area contributed by atoms with Crippen LogP contribution >= 0.6 is 0 Å². The molecule has 1 fully saturated rings. The largest absolute Gasteiger partial charge is 0.381 e. The van der Waals surface area contributed by atoms with Crippen LogP contribution in [0.5, 0.6) is 0 Å². The maximum Gasteiger partial charge on any atom is 0.155 e. The van der Waals surface area contributed by atoms with Crippen molar-refractivity contribution in [3.05, 3.63) is 35.4 Å². The van der Waals surface area contributed by atoms with Gasteiger partial charge in [-0.05, 0) is 31.9 Å². The molecule has 0 saturated carbocycles. The number of ether oxygens (including phenoxy) is 1. The minimum atomic E-state index is -3.11. The second-order valence-electron chi connectivity index (χ2n) is 5.66. The van der Waals surface area contributed by atoms with Gasteiger partial charge in [-0.1, -0.05) is 36.8 Å². The molecule has 2 rings (SSSR count). The fraction of sp³-hybridized carbons (Fsp3) is 0.625. The fourth-order valence-corrected chi connectivity index (χ4v) is 4.68. The maximum atomic E-state index is 12.6. The third-order valence-electron chi connectivity index (χ3n) is 4.01. The molecule has 0 aliphatic carbocycles. The lowest BCUT2D eigenvalue weighted by atomic mass is 10.1. The molecule has 1 atom stereocenters. The zero-order valence-corrected chi connectivity index (χ0v) is 13.7. The first-order chi connectivity index (χ1) is 10.0. The Bertz CT molecular complexity index is 533. The Balaban J connectivity index is 2.13. The molecule has 5 heteroatoms. The molecule has 118 valence electrons. The Morgan fingerprint density at radius 2 is 1.86 bits per heavy atom. The first kappa shape index (κ1) is 16.5. The molecule has 4 nitrogen and oxygen atoms in total. The highest BCUT2D eigenvalue weighted by Gasteiger charge is 2.30. The van der Waals surface area contributed by atoms with Crippen molar-refractivity contribution in [1.29, 1.82) is 0 Å². The Kier molecular flexibility index (Phi) is 5.79. The highest BCUT2D eigenvalue weighted by atomic mass is 32.2. The highest BCUT2D eigenvalue weighted by Crippen LogP contribution is 2.22. The van der Waals surface area contributed by atoms with Crippen LogP contribution in [-0.2, 0) is 14.6 Å². The van der Waals surface area contributed by atoms with Crippen molar-refractivity contribution in [2.45, 2.75) is 38.0 Å². The van der Waals surface area contributed by atoms with Crippen molar-refractivity contribution in [3.8, 4) is 0 Å². The Hall–Kier alpha value is -0.910. The van der Waals surface area contributed by atoms with Crippen molar-refractivity contribution in [2.24, 2.45) is 0 Å². The second-order valence-corrected chi connectivity index (χ2v) is 7.99. The molecular formula is C16H25NO3S. The molecule has 1 aliphatic heterocycles. The molecule has 1 aliphatic rings. The summed E-state index contributed by atoms with van der Waals surface area (Å²) < 4.78 is 30.5. The van der Waals surface area contributed by atoms with Gasteiger partial charge < -0.3 is 10.1 Å². The van der Waals surface area contributed by atoms with E-state index in [1.165, 1.54) is 5.56 Å². The van der Waals surface area contributed by atoms with E-state index in [9.17, 15) is 8.42 Å². The maximum absolute atomic E-state index is 12.6. The number of hydrogen-bond acceptors (Lipinski definition) is 4. The summed E-state index contributed by atoms with van der Waals surface area (Å²) in [5.74, 6) is 0.161. The molecule has 0 amide bonds. The van der Waals surface area contributed by atoms with Gasteiger partial charge in [0, 0.05) is 19.3 Å². The van der Waals surface area contributed by atoms with Gasteiger partial charge in [0.2, 0.25) is 0 Å². The van der Waals surface area contributed by atoms with Crippen molar-refractivity contribution in [1.82, 2.24) is 5.32 Å². The zero-order valence-electron chi connectivity index (χ0n) is 12.8. The lowest BCUT2D eigenvalue weighted by Gasteiger charge is -2.25. The molecule has 1 unspecified atom stereocenters. The molecule has 1 N–H and O–H groups in total. The molecule has 21 heavy (non-hydrogen) atoms. The Morgan fingerprint density at radius 1 is 1.24 bits per heavy atom. The number of nitrogens with one attached hydrogen (secondary N) is 1. The van der Waals surface area contributed by atoms with E-state index >= 15 is 0 Å². The SMILES string of the molecule is CCNC(CS(=O)(=O)C1CCOCC1)c1ccc(C)cc1. The van der Waals surface area contributed by atoms with Crippen LogP contribution in [0.25, 0.3) is 0 Å². The summed E-state index contributed by atoms with van der Waals surface area (Å²) in [7, 11) is -3.11. The summed E-state index contributed by atoms with van der Waals surface area (Å²) in [6.07, 6.45) is 1.24. The first-order valence-corrected chi connectivity index (χ1v) is 9.33. The first-order valence-electron chi connectivity index (χ1n) is 7.62. The van der Waals surface area contributed by atoms with Crippen molar-refractivity contribution < 1.29 is 13.2 Å². The van der Waals surface area contributed by atoms with E-state index in [1.807, 2.05) is 38.1 Å². The van der Waals surface area contributed by atoms with Crippen LogP contribution in [0.1, 0.15) is 36.9 Å². The number of rotatable bonds is 6. The van der Waals surface area contributed by atoms with E-state index in [-0.39, 0.29) is 17.0 Å². The quantitative estimate of drug-likeness (QED) is 0.875. The normalized spacial score (nSPS) is 18.6. The van der Waals surface area contributed by atoms with Gasteiger partial charge >= 0.3 is 0 Å². The van der Waals surface area contributed by atoms with Crippen LogP contribution in [0.3, 0.4) is 0 Å². The molecule has 1 saturated heterocycles. The summed E-state index contributed by atoms with van der Waals surface area (Å²) in [6, 6.07) is 7.95. The van der Waals surface area contributed by atoms with Crippen LogP contribution in [0.4, 0.5) is 0 Å². The van der Waals surface area contributed by atoms with Gasteiger partial charge in [-0.3, -0.25) is 0 Å². The van der Waals surface area contributed by atoms with E-state index in [0.717, 1.165) is 12.1 Å². The molecule has 1 heterocycles. The van der Waals surface area contributed by atoms with Gasteiger partial charge in [0.15, 0.2) is 9.84 Å². The minimum absolute atomic E-state index is 0.136. The highest BCUT2D eigenvalue weighted by molar-refractivity contribution is 7.92.